The Labute approximate surface area is 206 Å². The van der Waals surface area contributed by atoms with Crippen LogP contribution in [0.4, 0.5) is 24.5 Å². The number of benzene rings is 3. The second-order valence-corrected chi connectivity index (χ2v) is 10.1. The standard InChI is InChI=1S/C25H20ClF3N2O3S/c1-2-13-31(20-8-5-7-19(16-20)25(27,28)29)35(33,34)23-15-18(10-11-21(23)26)24(32)30-14-12-17-6-3-4-9-22(17)30/h2-11,15-16H,1,12-14H2. The lowest BCUT2D eigenvalue weighted by Crippen LogP contribution is -2.32. The molecule has 1 aliphatic heterocycles. The van der Waals surface area contributed by atoms with Crippen LogP contribution in [-0.2, 0) is 22.6 Å². The molecule has 10 heteroatoms. The zero-order valence-electron chi connectivity index (χ0n) is 18.3. The van der Waals surface area contributed by atoms with E-state index in [-0.39, 0.29) is 22.8 Å². The summed E-state index contributed by atoms with van der Waals surface area (Å²) in [7, 11) is -4.46. The summed E-state index contributed by atoms with van der Waals surface area (Å²) in [6.07, 6.45) is -2.74. The molecule has 0 unspecified atom stereocenters. The van der Waals surface area contributed by atoms with Gasteiger partial charge in [-0.3, -0.25) is 9.10 Å². The molecule has 1 aliphatic rings. The molecule has 1 heterocycles. The van der Waals surface area contributed by atoms with Crippen LogP contribution in [0.3, 0.4) is 0 Å². The number of amides is 1. The molecule has 5 nitrogen and oxygen atoms in total. The van der Waals surface area contributed by atoms with Crippen molar-refractivity contribution in [3.05, 3.63) is 101 Å². The maximum absolute atomic E-state index is 13.6. The summed E-state index contributed by atoms with van der Waals surface area (Å²) in [5, 5.41) is -0.163. The lowest BCUT2D eigenvalue weighted by molar-refractivity contribution is -0.137. The van der Waals surface area contributed by atoms with Gasteiger partial charge in [-0.1, -0.05) is 41.9 Å². The van der Waals surface area contributed by atoms with Crippen LogP contribution in [-0.4, -0.2) is 27.4 Å². The van der Waals surface area contributed by atoms with Crippen molar-refractivity contribution in [1.29, 1.82) is 0 Å². The van der Waals surface area contributed by atoms with Gasteiger partial charge >= 0.3 is 6.18 Å². The van der Waals surface area contributed by atoms with Crippen molar-refractivity contribution in [2.45, 2.75) is 17.5 Å². The topological polar surface area (TPSA) is 57.7 Å². The Bertz CT molecular complexity index is 1410. The molecule has 0 saturated carbocycles. The van der Waals surface area contributed by atoms with E-state index in [4.69, 9.17) is 11.6 Å². The fourth-order valence-corrected chi connectivity index (χ4v) is 5.89. The first kappa shape index (κ1) is 24.8. The highest BCUT2D eigenvalue weighted by Gasteiger charge is 2.33. The minimum Gasteiger partial charge on any atom is -0.308 e. The third kappa shape index (κ3) is 4.78. The molecule has 0 saturated heterocycles. The second kappa shape index (κ2) is 9.39. The van der Waals surface area contributed by atoms with Crippen LogP contribution in [0.2, 0.25) is 5.02 Å². The van der Waals surface area contributed by atoms with E-state index in [1.807, 2.05) is 24.3 Å². The Morgan fingerprint density at radius 2 is 1.83 bits per heavy atom. The highest BCUT2D eigenvalue weighted by Crippen LogP contribution is 2.35. The van der Waals surface area contributed by atoms with Gasteiger partial charge < -0.3 is 4.90 Å². The maximum Gasteiger partial charge on any atom is 0.416 e. The minimum atomic E-state index is -4.66. The molecule has 0 aliphatic carbocycles. The normalized spacial score (nSPS) is 13.4. The Hall–Kier alpha value is -3.30. The molecule has 0 N–H and O–H groups in total. The van der Waals surface area contributed by atoms with Gasteiger partial charge in [0.15, 0.2) is 0 Å². The van der Waals surface area contributed by atoms with Crippen molar-refractivity contribution >= 4 is 38.9 Å². The summed E-state index contributed by atoms with van der Waals surface area (Å²) in [5.74, 6) is -0.405. The van der Waals surface area contributed by atoms with Crippen LogP contribution in [0.5, 0.6) is 0 Å². The Morgan fingerprint density at radius 1 is 1.09 bits per heavy atom. The smallest absolute Gasteiger partial charge is 0.308 e. The van der Waals surface area contributed by atoms with Gasteiger partial charge in [-0.05, 0) is 54.4 Å². The number of sulfonamides is 1. The van der Waals surface area contributed by atoms with E-state index in [1.54, 1.807) is 4.90 Å². The van der Waals surface area contributed by atoms with Crippen molar-refractivity contribution in [2.75, 3.05) is 22.3 Å². The van der Waals surface area contributed by atoms with Crippen LogP contribution in [0.15, 0.2) is 84.3 Å². The molecule has 35 heavy (non-hydrogen) atoms. The summed E-state index contributed by atoms with van der Waals surface area (Å²) in [6, 6.07) is 15.3. The molecular formula is C25H20ClF3N2O3S. The number of anilines is 2. The van der Waals surface area contributed by atoms with Gasteiger partial charge in [0.1, 0.15) is 4.90 Å². The first-order valence-electron chi connectivity index (χ1n) is 10.5. The second-order valence-electron chi connectivity index (χ2n) is 7.85. The molecule has 0 bridgehead atoms. The zero-order valence-corrected chi connectivity index (χ0v) is 19.9. The van der Waals surface area contributed by atoms with Gasteiger partial charge in [-0.15, -0.1) is 6.58 Å². The maximum atomic E-state index is 13.6. The average molecular weight is 521 g/mol. The first-order valence-corrected chi connectivity index (χ1v) is 12.4. The van der Waals surface area contributed by atoms with Crippen molar-refractivity contribution in [3.63, 3.8) is 0 Å². The van der Waals surface area contributed by atoms with Crippen LogP contribution in [0, 0.1) is 0 Å². The third-order valence-electron chi connectivity index (χ3n) is 5.63. The molecule has 0 spiro atoms. The number of hydrogen-bond donors (Lipinski definition) is 0. The highest BCUT2D eigenvalue weighted by atomic mass is 35.5. The molecule has 3 aromatic rings. The number of alkyl halides is 3. The van der Waals surface area contributed by atoms with Crippen molar-refractivity contribution in [1.82, 2.24) is 0 Å². The highest BCUT2D eigenvalue weighted by molar-refractivity contribution is 7.93. The van der Waals surface area contributed by atoms with E-state index in [9.17, 15) is 26.4 Å². The molecule has 3 aromatic carbocycles. The summed E-state index contributed by atoms with van der Waals surface area (Å²) in [6.45, 7) is 3.66. The molecular weight excluding hydrogens is 501 g/mol. The molecule has 1 amide bonds. The third-order valence-corrected chi connectivity index (χ3v) is 7.91. The van der Waals surface area contributed by atoms with Crippen molar-refractivity contribution in [2.24, 2.45) is 0 Å². The van der Waals surface area contributed by atoms with E-state index in [1.165, 1.54) is 24.3 Å². The number of para-hydroxylation sites is 1. The molecule has 4 rings (SSSR count). The number of nitrogens with zero attached hydrogens (tertiary/aromatic N) is 2. The lowest BCUT2D eigenvalue weighted by atomic mass is 10.1. The van der Waals surface area contributed by atoms with Crippen molar-refractivity contribution in [3.8, 4) is 0 Å². The number of fused-ring (bicyclic) bond motifs is 1. The van der Waals surface area contributed by atoms with Crippen LogP contribution >= 0.6 is 11.6 Å². The fourth-order valence-electron chi connectivity index (χ4n) is 3.95. The van der Waals surface area contributed by atoms with E-state index >= 15 is 0 Å². The van der Waals surface area contributed by atoms with Gasteiger partial charge in [0.2, 0.25) is 0 Å². The Kier molecular flexibility index (Phi) is 6.66. The Morgan fingerprint density at radius 3 is 2.54 bits per heavy atom. The predicted molar refractivity (Wildman–Crippen MR) is 129 cm³/mol. The minimum absolute atomic E-state index is 0.0901. The zero-order chi connectivity index (χ0) is 25.4. The van der Waals surface area contributed by atoms with Crippen LogP contribution < -0.4 is 9.21 Å². The van der Waals surface area contributed by atoms with E-state index in [0.717, 1.165) is 39.8 Å². The van der Waals surface area contributed by atoms with Gasteiger partial charge in [-0.25, -0.2) is 8.42 Å². The molecule has 0 radical (unpaired) electrons. The number of carbonyl (C=O) groups is 1. The predicted octanol–water partition coefficient (Wildman–Crippen LogP) is 5.94. The quantitative estimate of drug-likeness (QED) is 0.378. The van der Waals surface area contributed by atoms with E-state index in [2.05, 4.69) is 6.58 Å². The summed E-state index contributed by atoms with van der Waals surface area (Å²) in [4.78, 5) is 14.4. The van der Waals surface area contributed by atoms with Crippen molar-refractivity contribution < 1.29 is 26.4 Å². The van der Waals surface area contributed by atoms with Crippen LogP contribution in [0.25, 0.3) is 0 Å². The first-order chi connectivity index (χ1) is 16.5. The lowest BCUT2D eigenvalue weighted by Gasteiger charge is -2.25. The van der Waals surface area contributed by atoms with E-state index < -0.39 is 32.6 Å². The number of rotatable bonds is 6. The van der Waals surface area contributed by atoms with Gasteiger partial charge in [0, 0.05) is 17.8 Å². The SMILES string of the molecule is C=CCN(c1cccc(C(F)(F)F)c1)S(=O)(=O)c1cc(C(=O)N2CCc3ccccc32)ccc1Cl. The molecule has 0 aromatic heterocycles. The molecule has 0 fully saturated rings. The van der Waals surface area contributed by atoms with Gasteiger partial charge in [0.05, 0.1) is 22.8 Å². The molecule has 0 atom stereocenters. The van der Waals surface area contributed by atoms with Gasteiger partial charge in [-0.2, -0.15) is 13.2 Å². The number of hydrogen-bond acceptors (Lipinski definition) is 3. The summed E-state index contributed by atoms with van der Waals surface area (Å²) < 4.78 is 67.7. The fraction of sp³-hybridized carbons (Fsp3) is 0.160. The van der Waals surface area contributed by atoms with Crippen LogP contribution in [0.1, 0.15) is 21.5 Å². The van der Waals surface area contributed by atoms with E-state index in [0.29, 0.717) is 13.0 Å². The molecule has 182 valence electrons. The monoisotopic (exact) mass is 520 g/mol. The summed E-state index contributed by atoms with van der Waals surface area (Å²) >= 11 is 6.23. The van der Waals surface area contributed by atoms with Gasteiger partial charge in [0.25, 0.3) is 15.9 Å². The Balaban J connectivity index is 1.75. The number of halogens is 4. The number of carbonyl (C=O) groups excluding carboxylic acids is 1. The summed E-state index contributed by atoms with van der Waals surface area (Å²) in [5.41, 5.74) is 0.633. The average Bonchev–Trinajstić information content (AvgIpc) is 3.26. The largest absolute Gasteiger partial charge is 0.416 e.